The van der Waals surface area contributed by atoms with Crippen molar-refractivity contribution < 1.29 is 104 Å². The first-order valence-corrected chi connectivity index (χ1v) is 5.67. The Hall–Kier alpha value is 1.58. The first-order chi connectivity index (χ1) is 7.20. The standard InChI is InChI=1S/C12H22O4.K.Na.2H/c1-5-6-7-8-12(9(13)14,10(15)16)11(2,3)4;;;;/h5-8H2,1-4H3,(H,13,14)(H,15,16);;;;/q;2*+1;2*-1. The number of carboxylic acids is 2. The van der Waals surface area contributed by atoms with Crippen LogP contribution in [0.3, 0.4) is 0 Å². The number of rotatable bonds is 6. The molecule has 0 aliphatic carbocycles. The molecule has 0 heterocycles. The molecule has 0 fully saturated rings. The van der Waals surface area contributed by atoms with Gasteiger partial charge in [-0.05, 0) is 11.8 Å². The maximum Gasteiger partial charge on any atom is 1.00 e. The first kappa shape index (κ1) is 24.6. The van der Waals surface area contributed by atoms with Crippen molar-refractivity contribution in [1.82, 2.24) is 0 Å². The second-order valence-electron chi connectivity index (χ2n) is 5.22. The maximum atomic E-state index is 11.3. The van der Waals surface area contributed by atoms with Crippen LogP contribution in [0.1, 0.15) is 56.2 Å². The van der Waals surface area contributed by atoms with Crippen LogP contribution in [0.15, 0.2) is 0 Å². The third-order valence-corrected chi connectivity index (χ3v) is 3.17. The van der Waals surface area contributed by atoms with Gasteiger partial charge in [-0.25, -0.2) is 0 Å². The molecule has 4 nitrogen and oxygen atoms in total. The number of aliphatic carboxylic acids is 2. The van der Waals surface area contributed by atoms with Crippen LogP contribution < -0.4 is 80.9 Å². The van der Waals surface area contributed by atoms with E-state index in [1.54, 1.807) is 20.8 Å². The number of carboxylic acid groups (broad SMARTS) is 2. The molecule has 0 aromatic rings. The summed E-state index contributed by atoms with van der Waals surface area (Å²) in [5, 5.41) is 18.5. The van der Waals surface area contributed by atoms with E-state index in [9.17, 15) is 19.8 Å². The molecule has 0 bridgehead atoms. The van der Waals surface area contributed by atoms with Crippen molar-refractivity contribution in [2.45, 2.75) is 53.4 Å². The van der Waals surface area contributed by atoms with Gasteiger partial charge in [-0.15, -0.1) is 0 Å². The molecule has 6 heteroatoms. The predicted molar refractivity (Wildman–Crippen MR) is 63.5 cm³/mol. The number of carbonyl (C=O) groups is 2. The monoisotopic (exact) mass is 294 g/mol. The normalized spacial score (nSPS) is 11.1. The predicted octanol–water partition coefficient (Wildman–Crippen LogP) is -3.00. The molecule has 0 atom stereocenters. The molecule has 2 N–H and O–H groups in total. The van der Waals surface area contributed by atoms with Crippen molar-refractivity contribution in [1.29, 1.82) is 0 Å². The second kappa shape index (κ2) is 10.3. The van der Waals surface area contributed by atoms with E-state index in [0.717, 1.165) is 12.8 Å². The van der Waals surface area contributed by atoms with Gasteiger partial charge in [0.05, 0.1) is 0 Å². The van der Waals surface area contributed by atoms with Crippen LogP contribution in [0, 0.1) is 10.8 Å². The largest absolute Gasteiger partial charge is 1.00 e. The van der Waals surface area contributed by atoms with Gasteiger partial charge in [-0.2, -0.15) is 0 Å². The van der Waals surface area contributed by atoms with Gasteiger partial charge in [0.2, 0.25) is 0 Å². The molecule has 0 saturated carbocycles. The molecule has 0 unspecified atom stereocenters. The van der Waals surface area contributed by atoms with Crippen LogP contribution in [0.5, 0.6) is 0 Å². The zero-order valence-electron chi connectivity index (χ0n) is 14.5. The van der Waals surface area contributed by atoms with E-state index in [1.165, 1.54) is 0 Å². The Bertz CT molecular complexity index is 269. The minimum absolute atomic E-state index is 0. The van der Waals surface area contributed by atoms with Crippen LogP contribution in [-0.4, -0.2) is 22.2 Å². The van der Waals surface area contributed by atoms with Crippen molar-refractivity contribution in [3.05, 3.63) is 0 Å². The van der Waals surface area contributed by atoms with Crippen LogP contribution >= 0.6 is 0 Å². The molecule has 0 aliphatic heterocycles. The summed E-state index contributed by atoms with van der Waals surface area (Å²) < 4.78 is 0. The fourth-order valence-electron chi connectivity index (χ4n) is 1.96. The van der Waals surface area contributed by atoms with E-state index in [1.807, 2.05) is 6.92 Å². The third-order valence-electron chi connectivity index (χ3n) is 3.17. The molecule has 0 aromatic carbocycles. The van der Waals surface area contributed by atoms with Crippen LogP contribution in [-0.2, 0) is 9.59 Å². The minimum atomic E-state index is -1.68. The van der Waals surface area contributed by atoms with E-state index in [2.05, 4.69) is 0 Å². The molecule has 0 saturated heterocycles. The van der Waals surface area contributed by atoms with Gasteiger partial charge >= 0.3 is 92.9 Å². The van der Waals surface area contributed by atoms with Crippen LogP contribution in [0.25, 0.3) is 0 Å². The molecule has 0 aromatic heterocycles. The second-order valence-corrected chi connectivity index (χ2v) is 5.22. The Balaban J connectivity index is -0.000000187. The zero-order valence-corrected chi connectivity index (χ0v) is 17.7. The van der Waals surface area contributed by atoms with Gasteiger partial charge in [-0.3, -0.25) is 9.59 Å². The first-order valence-electron chi connectivity index (χ1n) is 5.67. The van der Waals surface area contributed by atoms with Gasteiger partial charge in [0.15, 0.2) is 5.41 Å². The molecular formula is C12H24KNaO4. The number of hydrogen-bond acceptors (Lipinski definition) is 2. The topological polar surface area (TPSA) is 74.6 Å². The quantitative estimate of drug-likeness (QED) is 0.311. The number of unbranched alkanes of at least 4 members (excludes halogenated alkanes) is 2. The molecule has 0 rings (SSSR count). The van der Waals surface area contributed by atoms with E-state index in [0.29, 0.717) is 6.42 Å². The summed E-state index contributed by atoms with van der Waals surface area (Å²) in [5.74, 6) is -2.47. The van der Waals surface area contributed by atoms with E-state index in [-0.39, 0.29) is 90.2 Å². The Morgan fingerprint density at radius 2 is 1.44 bits per heavy atom. The van der Waals surface area contributed by atoms with Crippen LogP contribution in [0.2, 0.25) is 0 Å². The summed E-state index contributed by atoms with van der Waals surface area (Å²) in [4.78, 5) is 22.6. The van der Waals surface area contributed by atoms with Gasteiger partial charge in [0.25, 0.3) is 0 Å². The van der Waals surface area contributed by atoms with Gasteiger partial charge in [0, 0.05) is 0 Å². The molecule has 18 heavy (non-hydrogen) atoms. The van der Waals surface area contributed by atoms with Gasteiger partial charge < -0.3 is 13.1 Å². The maximum absolute atomic E-state index is 11.3. The molecule has 0 aliphatic rings. The van der Waals surface area contributed by atoms with Crippen molar-refractivity contribution in [2.75, 3.05) is 0 Å². The summed E-state index contributed by atoms with van der Waals surface area (Å²) in [6, 6.07) is 0. The Morgan fingerprint density at radius 3 is 1.67 bits per heavy atom. The van der Waals surface area contributed by atoms with Crippen molar-refractivity contribution in [2.24, 2.45) is 10.8 Å². The van der Waals surface area contributed by atoms with E-state index < -0.39 is 22.8 Å². The smallest absolute Gasteiger partial charge is 1.00 e. The fraction of sp³-hybridized carbons (Fsp3) is 0.833. The van der Waals surface area contributed by atoms with Gasteiger partial charge in [-0.1, -0.05) is 47.0 Å². The average Bonchev–Trinajstić information content (AvgIpc) is 2.08. The zero-order chi connectivity index (χ0) is 13.0. The molecule has 0 radical (unpaired) electrons. The van der Waals surface area contributed by atoms with E-state index in [4.69, 9.17) is 0 Å². The van der Waals surface area contributed by atoms with Gasteiger partial charge in [0.1, 0.15) is 0 Å². The van der Waals surface area contributed by atoms with Crippen LogP contribution in [0.4, 0.5) is 0 Å². The average molecular weight is 294 g/mol. The summed E-state index contributed by atoms with van der Waals surface area (Å²) in [5.41, 5.74) is -2.47. The summed E-state index contributed by atoms with van der Waals surface area (Å²) in [6.07, 6.45) is 2.62. The summed E-state index contributed by atoms with van der Waals surface area (Å²) >= 11 is 0. The minimum Gasteiger partial charge on any atom is -1.00 e. The fourth-order valence-corrected chi connectivity index (χ4v) is 1.96. The number of hydrogen-bond donors (Lipinski definition) is 2. The third kappa shape index (κ3) is 5.91. The Labute approximate surface area is 177 Å². The molecule has 98 valence electrons. The SMILES string of the molecule is CCCCCC(C(=O)O)(C(=O)O)C(C)(C)C.[H-].[H-].[K+].[Na+]. The summed E-state index contributed by atoms with van der Waals surface area (Å²) in [7, 11) is 0. The van der Waals surface area contributed by atoms with Crippen molar-refractivity contribution in [3.63, 3.8) is 0 Å². The summed E-state index contributed by atoms with van der Waals surface area (Å²) in [6.45, 7) is 7.00. The van der Waals surface area contributed by atoms with E-state index >= 15 is 0 Å². The Kier molecular flexibility index (Phi) is 14.1. The molecule has 0 spiro atoms. The van der Waals surface area contributed by atoms with Crippen molar-refractivity contribution >= 4 is 11.9 Å². The molecule has 0 amide bonds. The molecular weight excluding hydrogens is 270 g/mol. The van der Waals surface area contributed by atoms with Crippen molar-refractivity contribution in [3.8, 4) is 0 Å². The Morgan fingerprint density at radius 1 is 1.06 bits per heavy atom.